The Morgan fingerprint density at radius 3 is 2.41 bits per heavy atom. The zero-order valence-corrected chi connectivity index (χ0v) is 23.6. The number of fused-ring (bicyclic) bond motifs is 1. The Morgan fingerprint density at radius 1 is 1.05 bits per heavy atom. The first kappa shape index (κ1) is 27.9. The number of Topliss-reactive ketones (excluding diaryl/α,β-unsaturated/α-hetero) is 1. The number of sulfonamides is 1. The fourth-order valence-corrected chi connectivity index (χ4v) is 6.13. The van der Waals surface area contributed by atoms with Crippen LogP contribution >= 0.6 is 0 Å². The molecule has 0 atom stereocenters. The van der Waals surface area contributed by atoms with Crippen molar-refractivity contribution >= 4 is 33.0 Å². The molecule has 39 heavy (non-hydrogen) atoms. The molecular formula is C28H31N5O5S. The number of carbonyl (C=O) groups excluding carboxylic acids is 2. The molecule has 2 heterocycles. The summed E-state index contributed by atoms with van der Waals surface area (Å²) in [5.41, 5.74) is 3.63. The number of anilines is 1. The van der Waals surface area contributed by atoms with Gasteiger partial charge in [-0.3, -0.25) is 9.59 Å². The fourth-order valence-electron chi connectivity index (χ4n) is 4.49. The van der Waals surface area contributed by atoms with E-state index >= 15 is 0 Å². The van der Waals surface area contributed by atoms with Gasteiger partial charge in [-0.1, -0.05) is 32.0 Å². The van der Waals surface area contributed by atoms with Crippen LogP contribution in [0.5, 0.6) is 5.75 Å². The van der Waals surface area contributed by atoms with E-state index in [0.29, 0.717) is 33.7 Å². The Balaban J connectivity index is 1.94. The van der Waals surface area contributed by atoms with Crippen molar-refractivity contribution in [1.82, 2.24) is 18.9 Å². The van der Waals surface area contributed by atoms with Crippen molar-refractivity contribution < 1.29 is 22.7 Å². The highest BCUT2D eigenvalue weighted by Crippen LogP contribution is 2.35. The molecule has 0 aliphatic carbocycles. The third-order valence-electron chi connectivity index (χ3n) is 6.41. The first-order chi connectivity index (χ1) is 18.5. The van der Waals surface area contributed by atoms with E-state index in [1.807, 2.05) is 19.9 Å². The summed E-state index contributed by atoms with van der Waals surface area (Å²) in [7, 11) is -2.48. The Kier molecular flexibility index (Phi) is 7.84. The van der Waals surface area contributed by atoms with Crippen molar-refractivity contribution in [3.05, 3.63) is 71.2 Å². The molecule has 2 aromatic carbocycles. The number of aromatic nitrogens is 3. The van der Waals surface area contributed by atoms with Gasteiger partial charge in [0, 0.05) is 35.7 Å². The van der Waals surface area contributed by atoms with E-state index in [1.54, 1.807) is 54.8 Å². The van der Waals surface area contributed by atoms with Crippen molar-refractivity contribution in [2.75, 3.05) is 25.5 Å². The molecule has 0 radical (unpaired) electrons. The summed E-state index contributed by atoms with van der Waals surface area (Å²) in [6.45, 7) is 9.24. The molecule has 4 aromatic rings. The second kappa shape index (κ2) is 11.0. The van der Waals surface area contributed by atoms with Gasteiger partial charge in [-0.15, -0.1) is 0 Å². The number of methoxy groups -OCH3 is 1. The number of rotatable bonds is 9. The third kappa shape index (κ3) is 5.27. The topological polar surface area (TPSA) is 123 Å². The molecule has 0 spiro atoms. The van der Waals surface area contributed by atoms with E-state index in [4.69, 9.17) is 4.74 Å². The molecule has 1 amide bonds. The predicted molar refractivity (Wildman–Crippen MR) is 149 cm³/mol. The number of amides is 1. The lowest BCUT2D eigenvalue weighted by atomic mass is 10.0. The standard InChI is InChI=1S/C28H31N5O5S/c1-7-32(8-2)39(36,37)24-16-21(12-13-23(24)38-6)25-26(31-33-18(4)14-17(3)29-27(25)33)28(35)30-22-11-9-10-20(15-22)19(5)34/h9-16H,7-8H2,1-6H3,(H,30,35). The fraction of sp³-hybridized carbons (Fsp3) is 0.286. The second-order valence-corrected chi connectivity index (χ2v) is 11.0. The maximum absolute atomic E-state index is 13.6. The van der Waals surface area contributed by atoms with E-state index in [1.165, 1.54) is 24.4 Å². The van der Waals surface area contributed by atoms with Crippen molar-refractivity contribution in [2.45, 2.75) is 39.5 Å². The SMILES string of the molecule is CCN(CC)S(=O)(=O)c1cc(-c2c(C(=O)Nc3cccc(C(C)=O)c3)nn3c(C)cc(C)nc23)ccc1OC. The number of nitrogens with one attached hydrogen (secondary N) is 1. The van der Waals surface area contributed by atoms with Crippen molar-refractivity contribution in [3.63, 3.8) is 0 Å². The van der Waals surface area contributed by atoms with Crippen molar-refractivity contribution in [1.29, 1.82) is 0 Å². The molecule has 11 heteroatoms. The van der Waals surface area contributed by atoms with Gasteiger partial charge in [0.25, 0.3) is 5.91 Å². The maximum atomic E-state index is 13.6. The van der Waals surface area contributed by atoms with E-state index in [-0.39, 0.29) is 35.2 Å². The third-order valence-corrected chi connectivity index (χ3v) is 8.48. The van der Waals surface area contributed by atoms with Gasteiger partial charge in [0.2, 0.25) is 10.0 Å². The summed E-state index contributed by atoms with van der Waals surface area (Å²) >= 11 is 0. The minimum absolute atomic E-state index is 0.0181. The summed E-state index contributed by atoms with van der Waals surface area (Å²) in [5, 5.41) is 7.39. The first-order valence-electron chi connectivity index (χ1n) is 12.5. The Labute approximate surface area is 227 Å². The zero-order chi connectivity index (χ0) is 28.5. The Bertz CT molecular complexity index is 1690. The number of hydrogen-bond acceptors (Lipinski definition) is 7. The summed E-state index contributed by atoms with van der Waals surface area (Å²) in [5.74, 6) is -0.471. The van der Waals surface area contributed by atoms with E-state index in [2.05, 4.69) is 15.4 Å². The van der Waals surface area contributed by atoms with Crippen LogP contribution < -0.4 is 10.1 Å². The number of ketones is 1. The second-order valence-electron chi connectivity index (χ2n) is 9.04. The van der Waals surface area contributed by atoms with E-state index in [9.17, 15) is 18.0 Å². The van der Waals surface area contributed by atoms with Crippen LogP contribution in [-0.4, -0.2) is 59.2 Å². The molecule has 0 saturated heterocycles. The number of hydrogen-bond donors (Lipinski definition) is 1. The van der Waals surface area contributed by atoms with Crippen LogP contribution in [0.25, 0.3) is 16.8 Å². The van der Waals surface area contributed by atoms with Crippen LogP contribution in [0, 0.1) is 13.8 Å². The van der Waals surface area contributed by atoms with E-state index < -0.39 is 15.9 Å². The van der Waals surface area contributed by atoms with Gasteiger partial charge in [-0.2, -0.15) is 9.40 Å². The summed E-state index contributed by atoms with van der Waals surface area (Å²) in [6.07, 6.45) is 0. The van der Waals surface area contributed by atoms with Crippen molar-refractivity contribution in [3.8, 4) is 16.9 Å². The molecular weight excluding hydrogens is 518 g/mol. The molecule has 1 N–H and O–H groups in total. The van der Waals surface area contributed by atoms with Crippen LogP contribution in [0.4, 0.5) is 5.69 Å². The van der Waals surface area contributed by atoms with Gasteiger partial charge in [-0.05, 0) is 56.7 Å². The largest absolute Gasteiger partial charge is 0.495 e. The van der Waals surface area contributed by atoms with Gasteiger partial charge < -0.3 is 10.1 Å². The van der Waals surface area contributed by atoms with Crippen LogP contribution in [0.3, 0.4) is 0 Å². The molecule has 0 aliphatic heterocycles. The van der Waals surface area contributed by atoms with Crippen LogP contribution in [0.1, 0.15) is 53.0 Å². The van der Waals surface area contributed by atoms with Crippen molar-refractivity contribution in [2.24, 2.45) is 0 Å². The molecule has 0 fully saturated rings. The lowest BCUT2D eigenvalue weighted by Gasteiger charge is -2.20. The Morgan fingerprint density at radius 2 is 1.77 bits per heavy atom. The quantitative estimate of drug-likeness (QED) is 0.305. The number of aryl methyl sites for hydroxylation is 2. The molecule has 0 saturated carbocycles. The maximum Gasteiger partial charge on any atom is 0.276 e. The molecule has 10 nitrogen and oxygen atoms in total. The Hall–Kier alpha value is -4.09. The highest BCUT2D eigenvalue weighted by molar-refractivity contribution is 7.89. The number of ether oxygens (including phenoxy) is 1. The summed E-state index contributed by atoms with van der Waals surface area (Å²) < 4.78 is 35.3. The minimum atomic E-state index is -3.89. The molecule has 0 aliphatic rings. The summed E-state index contributed by atoms with van der Waals surface area (Å²) in [4.78, 5) is 30.1. The summed E-state index contributed by atoms with van der Waals surface area (Å²) in [6, 6.07) is 13.2. The molecule has 4 rings (SSSR count). The highest BCUT2D eigenvalue weighted by atomic mass is 32.2. The van der Waals surface area contributed by atoms with Crippen LogP contribution in [-0.2, 0) is 10.0 Å². The first-order valence-corrected chi connectivity index (χ1v) is 13.9. The molecule has 0 bridgehead atoms. The minimum Gasteiger partial charge on any atom is -0.495 e. The number of carbonyl (C=O) groups is 2. The van der Waals surface area contributed by atoms with Gasteiger partial charge >= 0.3 is 0 Å². The average molecular weight is 550 g/mol. The van der Waals surface area contributed by atoms with E-state index in [0.717, 1.165) is 5.69 Å². The predicted octanol–water partition coefficient (Wildman–Crippen LogP) is 4.51. The normalized spacial score (nSPS) is 11.7. The van der Waals surface area contributed by atoms with Gasteiger partial charge in [0.1, 0.15) is 10.6 Å². The van der Waals surface area contributed by atoms with Gasteiger partial charge in [0.15, 0.2) is 17.1 Å². The highest BCUT2D eigenvalue weighted by Gasteiger charge is 2.29. The van der Waals surface area contributed by atoms with Gasteiger partial charge in [0.05, 0.1) is 12.7 Å². The van der Waals surface area contributed by atoms with Crippen LogP contribution in [0.2, 0.25) is 0 Å². The molecule has 0 unspecified atom stereocenters. The molecule has 2 aromatic heterocycles. The number of benzene rings is 2. The number of nitrogens with zero attached hydrogens (tertiary/aromatic N) is 4. The lowest BCUT2D eigenvalue weighted by molar-refractivity contribution is 0.100. The monoisotopic (exact) mass is 549 g/mol. The zero-order valence-electron chi connectivity index (χ0n) is 22.8. The van der Waals surface area contributed by atoms with Gasteiger partial charge in [-0.25, -0.2) is 17.9 Å². The van der Waals surface area contributed by atoms with Crippen LogP contribution in [0.15, 0.2) is 53.4 Å². The average Bonchev–Trinajstić information content (AvgIpc) is 3.29. The molecule has 204 valence electrons. The smallest absolute Gasteiger partial charge is 0.276 e. The lowest BCUT2D eigenvalue weighted by Crippen LogP contribution is -2.30.